The van der Waals surface area contributed by atoms with Gasteiger partial charge in [0, 0.05) is 11.4 Å². The zero-order valence-corrected chi connectivity index (χ0v) is 13.2. The average Bonchev–Trinajstić information content (AvgIpc) is 2.94. The third kappa shape index (κ3) is 4.45. The van der Waals surface area contributed by atoms with Crippen LogP contribution in [0.3, 0.4) is 0 Å². The molecule has 1 amide bonds. The van der Waals surface area contributed by atoms with Crippen molar-refractivity contribution in [2.45, 2.75) is 19.1 Å². The number of nitrogens with one attached hydrogen (secondary N) is 1. The number of aliphatic imine (C=N–C) groups is 1. The Hall–Kier alpha value is -1.14. The van der Waals surface area contributed by atoms with Gasteiger partial charge in [-0.2, -0.15) is 0 Å². The molecule has 0 aromatic heterocycles. The van der Waals surface area contributed by atoms with Crippen molar-refractivity contribution < 1.29 is 9.53 Å². The summed E-state index contributed by atoms with van der Waals surface area (Å²) in [4.78, 5) is 16.4. The summed E-state index contributed by atoms with van der Waals surface area (Å²) in [5, 5.41) is 2.76. The number of nitrogens with zero attached hydrogens (tertiary/aromatic N) is 1. The Morgan fingerprint density at radius 2 is 2.25 bits per heavy atom. The van der Waals surface area contributed by atoms with E-state index in [0.29, 0.717) is 6.61 Å². The van der Waals surface area contributed by atoms with Crippen LogP contribution in [0.15, 0.2) is 29.3 Å². The van der Waals surface area contributed by atoms with Crippen LogP contribution in [0.25, 0.3) is 0 Å². The molecule has 0 saturated heterocycles. The molecule has 1 aliphatic rings. The van der Waals surface area contributed by atoms with E-state index in [-0.39, 0.29) is 11.2 Å². The van der Waals surface area contributed by atoms with Crippen LogP contribution >= 0.6 is 23.5 Å². The van der Waals surface area contributed by atoms with E-state index < -0.39 is 0 Å². The van der Waals surface area contributed by atoms with Crippen molar-refractivity contribution >= 4 is 39.5 Å². The van der Waals surface area contributed by atoms with Crippen molar-refractivity contribution in [3.63, 3.8) is 0 Å². The zero-order chi connectivity index (χ0) is 14.4. The minimum atomic E-state index is -0.147. The van der Waals surface area contributed by atoms with Crippen LogP contribution in [0.5, 0.6) is 5.75 Å². The van der Waals surface area contributed by atoms with Gasteiger partial charge >= 0.3 is 0 Å². The minimum absolute atomic E-state index is 0.00522. The number of ether oxygens (including phenoxy) is 1. The Kier molecular flexibility index (Phi) is 5.79. The lowest BCUT2D eigenvalue weighted by molar-refractivity contribution is -0.115. The molecule has 2 rings (SSSR count). The molecule has 0 bridgehead atoms. The summed E-state index contributed by atoms with van der Waals surface area (Å²) in [5.74, 6) is 1.83. The monoisotopic (exact) mass is 310 g/mol. The van der Waals surface area contributed by atoms with Crippen molar-refractivity contribution in [1.82, 2.24) is 0 Å². The number of hydrogen-bond acceptors (Lipinski definition) is 5. The third-order valence-electron chi connectivity index (χ3n) is 2.64. The third-order valence-corrected chi connectivity index (χ3v) is 4.94. The van der Waals surface area contributed by atoms with Crippen LogP contribution < -0.4 is 10.1 Å². The summed E-state index contributed by atoms with van der Waals surface area (Å²) in [6, 6.07) is 7.41. The van der Waals surface area contributed by atoms with Crippen LogP contribution in [0.2, 0.25) is 0 Å². The van der Waals surface area contributed by atoms with Crippen molar-refractivity contribution in [2.24, 2.45) is 4.99 Å². The number of benzene rings is 1. The van der Waals surface area contributed by atoms with Crippen LogP contribution in [0.4, 0.5) is 5.69 Å². The van der Waals surface area contributed by atoms with E-state index in [1.165, 1.54) is 11.8 Å². The van der Waals surface area contributed by atoms with Crippen LogP contribution in [0.1, 0.15) is 13.8 Å². The van der Waals surface area contributed by atoms with Gasteiger partial charge in [0.15, 0.2) is 0 Å². The van der Waals surface area contributed by atoms with E-state index in [4.69, 9.17) is 4.74 Å². The highest BCUT2D eigenvalue weighted by molar-refractivity contribution is 8.39. The molecule has 0 spiro atoms. The highest BCUT2D eigenvalue weighted by Gasteiger charge is 2.18. The van der Waals surface area contributed by atoms with Gasteiger partial charge in [-0.15, -0.1) is 0 Å². The summed E-state index contributed by atoms with van der Waals surface area (Å²) in [5.41, 5.74) is 0.784. The second-order valence-corrected chi connectivity index (χ2v) is 6.87. The van der Waals surface area contributed by atoms with Crippen molar-refractivity contribution in [3.8, 4) is 5.75 Å². The second-order valence-electron chi connectivity index (χ2n) is 4.20. The number of hydrogen-bond donors (Lipinski definition) is 1. The maximum absolute atomic E-state index is 12.1. The zero-order valence-electron chi connectivity index (χ0n) is 11.6. The predicted molar refractivity (Wildman–Crippen MR) is 88.1 cm³/mol. The molecule has 0 saturated carbocycles. The molecule has 4 nitrogen and oxygen atoms in total. The van der Waals surface area contributed by atoms with Crippen molar-refractivity contribution in [3.05, 3.63) is 24.3 Å². The van der Waals surface area contributed by atoms with E-state index in [2.05, 4.69) is 10.3 Å². The highest BCUT2D eigenvalue weighted by atomic mass is 32.2. The Morgan fingerprint density at radius 1 is 1.50 bits per heavy atom. The maximum atomic E-state index is 12.1. The first kappa shape index (κ1) is 15.3. The van der Waals surface area contributed by atoms with E-state index in [9.17, 15) is 4.79 Å². The summed E-state index contributed by atoms with van der Waals surface area (Å²) < 4.78 is 6.38. The molecule has 1 unspecified atom stereocenters. The van der Waals surface area contributed by atoms with E-state index in [1.54, 1.807) is 11.8 Å². The number of amides is 1. The first-order valence-corrected chi connectivity index (χ1v) is 8.43. The lowest BCUT2D eigenvalue weighted by Crippen LogP contribution is -2.23. The lowest BCUT2D eigenvalue weighted by Gasteiger charge is -2.12. The van der Waals surface area contributed by atoms with Crippen LogP contribution in [0, 0.1) is 0 Å². The van der Waals surface area contributed by atoms with Gasteiger partial charge in [0.1, 0.15) is 10.1 Å². The standard InChI is InChI=1S/C14H18N2O2S2/c1-3-18-12-6-4-11(5-7-12)16-13(17)10(2)20-14-15-8-9-19-14/h4-7,10H,3,8-9H2,1-2H3,(H,16,17). The molecule has 1 aromatic carbocycles. The first-order chi connectivity index (χ1) is 9.69. The van der Waals surface area contributed by atoms with E-state index >= 15 is 0 Å². The molecule has 1 N–H and O–H groups in total. The van der Waals surface area contributed by atoms with Gasteiger partial charge in [0.05, 0.1) is 18.4 Å². The number of thioether (sulfide) groups is 2. The molecular weight excluding hydrogens is 292 g/mol. The summed E-state index contributed by atoms with van der Waals surface area (Å²) in [6.45, 7) is 5.34. The number of anilines is 1. The molecule has 0 radical (unpaired) electrons. The minimum Gasteiger partial charge on any atom is -0.494 e. The highest BCUT2D eigenvalue weighted by Crippen LogP contribution is 2.26. The number of carbonyl (C=O) groups excluding carboxylic acids is 1. The Balaban J connectivity index is 1.86. The number of carbonyl (C=O) groups is 1. The maximum Gasteiger partial charge on any atom is 0.237 e. The quantitative estimate of drug-likeness (QED) is 0.907. The smallest absolute Gasteiger partial charge is 0.237 e. The van der Waals surface area contributed by atoms with E-state index in [1.807, 2.05) is 38.1 Å². The molecule has 6 heteroatoms. The normalized spacial score (nSPS) is 15.6. The van der Waals surface area contributed by atoms with Gasteiger partial charge in [0.25, 0.3) is 0 Å². The summed E-state index contributed by atoms with van der Waals surface area (Å²) in [6.07, 6.45) is 0. The van der Waals surface area contributed by atoms with Crippen LogP contribution in [-0.2, 0) is 4.79 Å². The largest absolute Gasteiger partial charge is 0.494 e. The predicted octanol–water partition coefficient (Wildman–Crippen LogP) is 3.25. The van der Waals surface area contributed by atoms with Gasteiger partial charge in [-0.1, -0.05) is 23.5 Å². The molecule has 108 valence electrons. The molecule has 1 aliphatic heterocycles. The fraction of sp³-hybridized carbons (Fsp3) is 0.429. The topological polar surface area (TPSA) is 50.7 Å². The summed E-state index contributed by atoms with van der Waals surface area (Å²) in [7, 11) is 0. The Bertz CT molecular complexity index is 488. The molecule has 1 atom stereocenters. The molecule has 0 fully saturated rings. The van der Waals surface area contributed by atoms with Gasteiger partial charge < -0.3 is 10.1 Å². The van der Waals surface area contributed by atoms with Gasteiger partial charge in [0.2, 0.25) is 5.91 Å². The fourth-order valence-corrected chi connectivity index (χ4v) is 3.77. The molecule has 1 heterocycles. The summed E-state index contributed by atoms with van der Waals surface area (Å²) >= 11 is 3.24. The average molecular weight is 310 g/mol. The van der Waals surface area contributed by atoms with Gasteiger partial charge in [-0.25, -0.2) is 0 Å². The second kappa shape index (κ2) is 7.59. The van der Waals surface area contributed by atoms with Gasteiger partial charge in [-0.05, 0) is 38.1 Å². The van der Waals surface area contributed by atoms with Gasteiger partial charge in [-0.3, -0.25) is 9.79 Å². The molecule has 20 heavy (non-hydrogen) atoms. The lowest BCUT2D eigenvalue weighted by atomic mass is 10.3. The fourth-order valence-electron chi connectivity index (χ4n) is 1.64. The number of rotatable bonds is 5. The Labute approximate surface area is 127 Å². The molecular formula is C14H18N2O2S2. The van der Waals surface area contributed by atoms with Crippen LogP contribution in [-0.4, -0.2) is 34.4 Å². The first-order valence-electron chi connectivity index (χ1n) is 6.56. The van der Waals surface area contributed by atoms with E-state index in [0.717, 1.165) is 28.1 Å². The molecule has 0 aliphatic carbocycles. The SMILES string of the molecule is CCOc1ccc(NC(=O)C(C)SC2=NCCS2)cc1. The van der Waals surface area contributed by atoms with Crippen molar-refractivity contribution in [2.75, 3.05) is 24.2 Å². The Morgan fingerprint density at radius 3 is 2.85 bits per heavy atom. The molecule has 1 aromatic rings. The van der Waals surface area contributed by atoms with Crippen molar-refractivity contribution in [1.29, 1.82) is 0 Å².